The van der Waals surface area contributed by atoms with Crippen LogP contribution in [0.5, 0.6) is 0 Å². The van der Waals surface area contributed by atoms with Gasteiger partial charge in [-0.15, -0.1) is 0 Å². The molecule has 1 heterocycles. The molecule has 0 atom stereocenters. The van der Waals surface area contributed by atoms with Crippen LogP contribution in [0.25, 0.3) is 10.9 Å². The molecule has 2 rings (SSSR count). The van der Waals surface area contributed by atoms with Crippen LogP contribution in [-0.2, 0) is 11.3 Å². The molecule has 0 radical (unpaired) electrons. The lowest BCUT2D eigenvalue weighted by Crippen LogP contribution is -2.15. The third-order valence-corrected chi connectivity index (χ3v) is 2.45. The smallest absolute Gasteiger partial charge is 0.207 e. The van der Waals surface area contributed by atoms with Crippen LogP contribution in [0.4, 0.5) is 0 Å². The molecular formula is C12H14N2O3. The summed E-state index contributed by atoms with van der Waals surface area (Å²) in [5.74, 6) is 0. The number of hydrogen-bond acceptors (Lipinski definition) is 4. The zero-order valence-corrected chi connectivity index (χ0v) is 9.37. The van der Waals surface area contributed by atoms with Gasteiger partial charge in [0.25, 0.3) is 0 Å². The summed E-state index contributed by atoms with van der Waals surface area (Å²) in [5.41, 5.74) is 0.723. The van der Waals surface area contributed by atoms with Crippen LogP contribution in [0.15, 0.2) is 35.3 Å². The Kier molecular flexibility index (Phi) is 3.85. The summed E-state index contributed by atoms with van der Waals surface area (Å²) < 4.78 is 6.91. The Morgan fingerprint density at radius 3 is 2.94 bits per heavy atom. The Hall–Kier alpha value is -1.72. The third kappa shape index (κ3) is 2.69. The van der Waals surface area contributed by atoms with Gasteiger partial charge in [0.05, 0.1) is 38.1 Å². The van der Waals surface area contributed by atoms with Crippen LogP contribution in [0.3, 0.4) is 0 Å². The Labute approximate surface area is 98.3 Å². The zero-order chi connectivity index (χ0) is 12.1. The summed E-state index contributed by atoms with van der Waals surface area (Å²) >= 11 is 0. The number of aromatic nitrogens is 2. The second kappa shape index (κ2) is 5.56. The number of fused-ring (bicyclic) bond motifs is 1. The first-order valence-corrected chi connectivity index (χ1v) is 5.46. The summed E-state index contributed by atoms with van der Waals surface area (Å²) in [6.45, 7) is 1.34. The molecule has 1 aromatic carbocycles. The van der Waals surface area contributed by atoms with Crippen LogP contribution in [-0.4, -0.2) is 34.7 Å². The molecule has 2 aromatic rings. The van der Waals surface area contributed by atoms with E-state index in [0.29, 0.717) is 25.1 Å². The number of rotatable bonds is 5. The second-order valence-electron chi connectivity index (χ2n) is 3.59. The van der Waals surface area contributed by atoms with Crippen molar-refractivity contribution in [3.8, 4) is 0 Å². The molecule has 0 spiro atoms. The summed E-state index contributed by atoms with van der Waals surface area (Å²) in [4.78, 5) is 11.6. The predicted molar refractivity (Wildman–Crippen MR) is 63.9 cm³/mol. The Morgan fingerprint density at radius 1 is 1.29 bits per heavy atom. The molecule has 0 amide bonds. The number of benzene rings is 1. The van der Waals surface area contributed by atoms with Crippen LogP contribution in [0.2, 0.25) is 0 Å². The molecule has 0 unspecified atom stereocenters. The van der Waals surface area contributed by atoms with E-state index in [1.165, 1.54) is 6.20 Å². The molecule has 0 aliphatic carbocycles. The van der Waals surface area contributed by atoms with E-state index in [1.54, 1.807) is 10.7 Å². The van der Waals surface area contributed by atoms with Crippen molar-refractivity contribution in [2.24, 2.45) is 0 Å². The van der Waals surface area contributed by atoms with Gasteiger partial charge in [0.2, 0.25) is 5.43 Å². The van der Waals surface area contributed by atoms with E-state index >= 15 is 0 Å². The number of ether oxygens (including phenoxy) is 1. The fourth-order valence-corrected chi connectivity index (χ4v) is 1.66. The van der Waals surface area contributed by atoms with Gasteiger partial charge < -0.3 is 9.84 Å². The highest BCUT2D eigenvalue weighted by Gasteiger charge is 2.02. The van der Waals surface area contributed by atoms with E-state index in [-0.39, 0.29) is 12.0 Å². The first kappa shape index (κ1) is 11.8. The summed E-state index contributed by atoms with van der Waals surface area (Å²) in [6, 6.07) is 7.34. The Balaban J connectivity index is 2.23. The Bertz CT molecular complexity index is 551. The van der Waals surface area contributed by atoms with Crippen molar-refractivity contribution in [3.05, 3.63) is 40.7 Å². The van der Waals surface area contributed by atoms with E-state index in [1.807, 2.05) is 18.2 Å². The molecule has 90 valence electrons. The minimum Gasteiger partial charge on any atom is -0.394 e. The van der Waals surface area contributed by atoms with Gasteiger partial charge in [0.1, 0.15) is 0 Å². The molecule has 1 N–H and O–H groups in total. The zero-order valence-electron chi connectivity index (χ0n) is 9.37. The second-order valence-corrected chi connectivity index (χ2v) is 3.59. The van der Waals surface area contributed by atoms with Crippen LogP contribution >= 0.6 is 0 Å². The van der Waals surface area contributed by atoms with E-state index in [2.05, 4.69) is 5.10 Å². The minimum atomic E-state index is -0.0758. The van der Waals surface area contributed by atoms with E-state index in [9.17, 15) is 4.79 Å². The van der Waals surface area contributed by atoms with Gasteiger partial charge in [-0.2, -0.15) is 5.10 Å². The lowest BCUT2D eigenvalue weighted by Gasteiger charge is -2.08. The lowest BCUT2D eigenvalue weighted by atomic mass is 10.2. The molecule has 0 saturated heterocycles. The summed E-state index contributed by atoms with van der Waals surface area (Å²) in [5, 5.41) is 13.3. The number of para-hydroxylation sites is 1. The minimum absolute atomic E-state index is 0.0122. The van der Waals surface area contributed by atoms with Crippen molar-refractivity contribution < 1.29 is 9.84 Å². The van der Waals surface area contributed by atoms with Gasteiger partial charge in [-0.3, -0.25) is 9.48 Å². The van der Waals surface area contributed by atoms with Crippen molar-refractivity contribution in [3.63, 3.8) is 0 Å². The summed E-state index contributed by atoms with van der Waals surface area (Å²) in [7, 11) is 0. The number of aliphatic hydroxyl groups is 1. The SMILES string of the molecule is O=c1cnn(CCOCCO)c2ccccc12. The third-order valence-electron chi connectivity index (χ3n) is 2.45. The van der Waals surface area contributed by atoms with E-state index in [0.717, 1.165) is 5.52 Å². The quantitative estimate of drug-likeness (QED) is 0.761. The van der Waals surface area contributed by atoms with Crippen molar-refractivity contribution in [1.82, 2.24) is 9.78 Å². The highest BCUT2D eigenvalue weighted by atomic mass is 16.5. The standard InChI is InChI=1S/C12H14N2O3/c15-6-8-17-7-5-14-11-4-2-1-3-10(11)12(16)9-13-14/h1-4,9,15H,5-8H2. The maximum Gasteiger partial charge on any atom is 0.207 e. The van der Waals surface area contributed by atoms with Crippen LogP contribution < -0.4 is 5.43 Å². The molecule has 5 nitrogen and oxygen atoms in total. The molecule has 0 bridgehead atoms. The van der Waals surface area contributed by atoms with Gasteiger partial charge in [-0.25, -0.2) is 0 Å². The molecule has 0 saturated carbocycles. The van der Waals surface area contributed by atoms with E-state index < -0.39 is 0 Å². The monoisotopic (exact) mass is 234 g/mol. The number of aliphatic hydroxyl groups excluding tert-OH is 1. The van der Waals surface area contributed by atoms with Gasteiger partial charge in [0, 0.05) is 5.39 Å². The van der Waals surface area contributed by atoms with Gasteiger partial charge in [0.15, 0.2) is 0 Å². The molecule has 0 fully saturated rings. The van der Waals surface area contributed by atoms with E-state index in [4.69, 9.17) is 9.84 Å². The lowest BCUT2D eigenvalue weighted by molar-refractivity contribution is 0.0858. The van der Waals surface area contributed by atoms with Crippen molar-refractivity contribution in [1.29, 1.82) is 0 Å². The van der Waals surface area contributed by atoms with Crippen molar-refractivity contribution in [2.75, 3.05) is 19.8 Å². The maximum absolute atomic E-state index is 11.6. The molecule has 5 heteroatoms. The fourth-order valence-electron chi connectivity index (χ4n) is 1.66. The number of nitrogens with zero attached hydrogens (tertiary/aromatic N) is 2. The van der Waals surface area contributed by atoms with Crippen LogP contribution in [0, 0.1) is 0 Å². The maximum atomic E-state index is 11.6. The largest absolute Gasteiger partial charge is 0.394 e. The van der Waals surface area contributed by atoms with Crippen LogP contribution in [0.1, 0.15) is 0 Å². The highest BCUT2D eigenvalue weighted by molar-refractivity contribution is 5.77. The average Bonchev–Trinajstić information content (AvgIpc) is 2.37. The van der Waals surface area contributed by atoms with Gasteiger partial charge in [-0.05, 0) is 12.1 Å². The normalized spacial score (nSPS) is 10.9. The summed E-state index contributed by atoms with van der Waals surface area (Å²) in [6.07, 6.45) is 1.31. The highest BCUT2D eigenvalue weighted by Crippen LogP contribution is 2.07. The Morgan fingerprint density at radius 2 is 2.12 bits per heavy atom. The average molecular weight is 234 g/mol. The van der Waals surface area contributed by atoms with Gasteiger partial charge in [-0.1, -0.05) is 12.1 Å². The number of hydrogen-bond donors (Lipinski definition) is 1. The first-order valence-electron chi connectivity index (χ1n) is 5.46. The molecule has 1 aromatic heterocycles. The molecule has 0 aliphatic rings. The topological polar surface area (TPSA) is 64.4 Å². The van der Waals surface area contributed by atoms with Crippen molar-refractivity contribution in [2.45, 2.75) is 6.54 Å². The first-order chi connectivity index (χ1) is 8.33. The van der Waals surface area contributed by atoms with Crippen molar-refractivity contribution >= 4 is 10.9 Å². The molecular weight excluding hydrogens is 220 g/mol. The van der Waals surface area contributed by atoms with Gasteiger partial charge >= 0.3 is 0 Å². The fraction of sp³-hybridized carbons (Fsp3) is 0.333. The molecule has 17 heavy (non-hydrogen) atoms. The predicted octanol–water partition coefficient (Wildman–Crippen LogP) is 0.405. The molecule has 0 aliphatic heterocycles.